The standard InChI is InChI=1S/C20H30F3N3O4/c1-2-3-4-5-6-7-8-9-10-11-12-13-24-19-17(20(21,22)23)14-16(25(27)28)15-18(19)26(29)30/h14-15,24H,2-13H2,1H3. The van der Waals surface area contributed by atoms with Crippen molar-refractivity contribution < 1.29 is 23.0 Å². The predicted octanol–water partition coefficient (Wildman–Crippen LogP) is 7.24. The summed E-state index contributed by atoms with van der Waals surface area (Å²) >= 11 is 0. The monoisotopic (exact) mass is 433 g/mol. The van der Waals surface area contributed by atoms with E-state index in [1.807, 2.05) is 0 Å². The number of alkyl halides is 3. The third-order valence-electron chi connectivity index (χ3n) is 4.90. The molecule has 0 fully saturated rings. The molecule has 0 aromatic heterocycles. The van der Waals surface area contributed by atoms with Crippen molar-refractivity contribution in [3.8, 4) is 0 Å². The minimum atomic E-state index is -4.95. The van der Waals surface area contributed by atoms with E-state index in [1.54, 1.807) is 0 Å². The maximum atomic E-state index is 13.3. The van der Waals surface area contributed by atoms with Gasteiger partial charge in [-0.1, -0.05) is 71.1 Å². The average molecular weight is 433 g/mol. The number of halogens is 3. The molecule has 0 saturated heterocycles. The quantitative estimate of drug-likeness (QED) is 0.178. The molecule has 1 aromatic carbocycles. The Hall–Kier alpha value is -2.39. The molecule has 170 valence electrons. The molecule has 0 saturated carbocycles. The van der Waals surface area contributed by atoms with Crippen LogP contribution in [-0.2, 0) is 6.18 Å². The summed E-state index contributed by atoms with van der Waals surface area (Å²) in [6.45, 7) is 2.30. The van der Waals surface area contributed by atoms with Gasteiger partial charge in [-0.2, -0.15) is 13.2 Å². The molecule has 1 rings (SSSR count). The van der Waals surface area contributed by atoms with E-state index in [0.29, 0.717) is 18.6 Å². The number of rotatable bonds is 15. The fourth-order valence-corrected chi connectivity index (χ4v) is 3.27. The Morgan fingerprint density at radius 1 is 0.833 bits per heavy atom. The van der Waals surface area contributed by atoms with E-state index in [0.717, 1.165) is 25.7 Å². The molecule has 0 heterocycles. The molecule has 30 heavy (non-hydrogen) atoms. The van der Waals surface area contributed by atoms with E-state index >= 15 is 0 Å². The maximum Gasteiger partial charge on any atom is 0.418 e. The van der Waals surface area contributed by atoms with Crippen molar-refractivity contribution in [2.45, 2.75) is 83.7 Å². The van der Waals surface area contributed by atoms with Crippen LogP contribution in [0.3, 0.4) is 0 Å². The lowest BCUT2D eigenvalue weighted by atomic mass is 10.1. The highest BCUT2D eigenvalue weighted by atomic mass is 19.4. The second kappa shape index (κ2) is 13.0. The van der Waals surface area contributed by atoms with Gasteiger partial charge in [0.05, 0.1) is 21.5 Å². The first kappa shape index (κ1) is 25.6. The highest BCUT2D eigenvalue weighted by molar-refractivity contribution is 5.71. The lowest BCUT2D eigenvalue weighted by Gasteiger charge is -2.14. The van der Waals surface area contributed by atoms with Crippen LogP contribution >= 0.6 is 0 Å². The Morgan fingerprint density at radius 2 is 1.33 bits per heavy atom. The maximum absolute atomic E-state index is 13.3. The summed E-state index contributed by atoms with van der Waals surface area (Å²) in [6, 6.07) is 0.883. The molecule has 7 nitrogen and oxygen atoms in total. The molecule has 0 aliphatic heterocycles. The number of anilines is 1. The van der Waals surface area contributed by atoms with E-state index < -0.39 is 38.6 Å². The molecule has 0 aliphatic carbocycles. The number of unbranched alkanes of at least 4 members (excludes halogenated alkanes) is 10. The van der Waals surface area contributed by atoms with Gasteiger partial charge in [0.15, 0.2) is 0 Å². The summed E-state index contributed by atoms with van der Waals surface area (Å²) in [7, 11) is 0. The van der Waals surface area contributed by atoms with Crippen molar-refractivity contribution in [2.75, 3.05) is 11.9 Å². The molecule has 0 spiro atoms. The molecule has 1 aromatic rings. The molecular formula is C20H30F3N3O4. The van der Waals surface area contributed by atoms with Gasteiger partial charge in [0.1, 0.15) is 5.69 Å². The van der Waals surface area contributed by atoms with Gasteiger partial charge in [-0.05, 0) is 6.42 Å². The van der Waals surface area contributed by atoms with Crippen LogP contribution in [0.15, 0.2) is 12.1 Å². The van der Waals surface area contributed by atoms with Crippen LogP contribution in [0, 0.1) is 20.2 Å². The van der Waals surface area contributed by atoms with E-state index in [1.165, 1.54) is 38.5 Å². The first-order valence-corrected chi connectivity index (χ1v) is 10.5. The fourth-order valence-electron chi connectivity index (χ4n) is 3.27. The molecule has 0 aliphatic rings. The van der Waals surface area contributed by atoms with Crippen molar-refractivity contribution in [2.24, 2.45) is 0 Å². The van der Waals surface area contributed by atoms with Gasteiger partial charge >= 0.3 is 6.18 Å². The SMILES string of the molecule is CCCCCCCCCCCCCNc1c([N+](=O)[O-])cc([N+](=O)[O-])cc1C(F)(F)F. The lowest BCUT2D eigenvalue weighted by molar-refractivity contribution is -0.394. The van der Waals surface area contributed by atoms with Crippen molar-refractivity contribution in [1.29, 1.82) is 0 Å². The molecule has 0 bridgehead atoms. The number of hydrogen-bond donors (Lipinski definition) is 1. The zero-order valence-electron chi connectivity index (χ0n) is 17.3. The summed E-state index contributed by atoms with van der Waals surface area (Å²) in [5, 5.41) is 24.5. The van der Waals surface area contributed by atoms with Crippen LogP contribution in [0.5, 0.6) is 0 Å². The topological polar surface area (TPSA) is 98.3 Å². The molecule has 0 radical (unpaired) electrons. The summed E-state index contributed by atoms with van der Waals surface area (Å²) in [5.74, 6) is 0. The second-order valence-electron chi connectivity index (χ2n) is 7.36. The van der Waals surface area contributed by atoms with Crippen LogP contribution < -0.4 is 5.32 Å². The Morgan fingerprint density at radius 3 is 1.77 bits per heavy atom. The Kier molecular flexibility index (Phi) is 11.1. The van der Waals surface area contributed by atoms with Gasteiger partial charge in [0.2, 0.25) is 0 Å². The normalized spacial score (nSPS) is 11.5. The van der Waals surface area contributed by atoms with Crippen LogP contribution in [0.25, 0.3) is 0 Å². The number of nitro groups is 2. The van der Waals surface area contributed by atoms with E-state index in [2.05, 4.69) is 12.2 Å². The van der Waals surface area contributed by atoms with Crippen LogP contribution in [-0.4, -0.2) is 16.4 Å². The summed E-state index contributed by atoms with van der Waals surface area (Å²) in [6.07, 6.45) is 6.98. The first-order chi connectivity index (χ1) is 14.2. The highest BCUT2D eigenvalue weighted by Gasteiger charge is 2.39. The van der Waals surface area contributed by atoms with Crippen molar-refractivity contribution in [1.82, 2.24) is 0 Å². The van der Waals surface area contributed by atoms with Gasteiger partial charge in [-0.3, -0.25) is 20.2 Å². The summed E-state index contributed by atoms with van der Waals surface area (Å²) in [5.41, 5.74) is -4.02. The summed E-state index contributed by atoms with van der Waals surface area (Å²) < 4.78 is 39.9. The predicted molar refractivity (Wildman–Crippen MR) is 110 cm³/mol. The minimum Gasteiger partial charge on any atom is -0.379 e. The number of hydrogen-bond acceptors (Lipinski definition) is 5. The largest absolute Gasteiger partial charge is 0.418 e. The van der Waals surface area contributed by atoms with E-state index in [-0.39, 0.29) is 6.54 Å². The number of nitrogens with zero attached hydrogens (tertiary/aromatic N) is 2. The molecular weight excluding hydrogens is 403 g/mol. The van der Waals surface area contributed by atoms with Crippen LogP contribution in [0.1, 0.15) is 83.1 Å². The number of nitro benzene ring substituents is 2. The zero-order valence-corrected chi connectivity index (χ0v) is 17.3. The van der Waals surface area contributed by atoms with Gasteiger partial charge in [-0.25, -0.2) is 0 Å². The average Bonchev–Trinajstić information content (AvgIpc) is 2.67. The zero-order chi connectivity index (χ0) is 22.6. The van der Waals surface area contributed by atoms with Crippen LogP contribution in [0.4, 0.5) is 30.2 Å². The molecule has 1 N–H and O–H groups in total. The fraction of sp³-hybridized carbons (Fsp3) is 0.700. The number of benzene rings is 1. The molecule has 0 atom stereocenters. The Balaban J connectivity index is 2.53. The van der Waals surface area contributed by atoms with Crippen molar-refractivity contribution in [3.63, 3.8) is 0 Å². The van der Waals surface area contributed by atoms with E-state index in [4.69, 9.17) is 0 Å². The van der Waals surface area contributed by atoms with Crippen molar-refractivity contribution in [3.05, 3.63) is 37.9 Å². The smallest absolute Gasteiger partial charge is 0.379 e. The number of non-ortho nitro benzene ring substituents is 1. The highest BCUT2D eigenvalue weighted by Crippen LogP contribution is 2.42. The molecule has 0 amide bonds. The van der Waals surface area contributed by atoms with Crippen LogP contribution in [0.2, 0.25) is 0 Å². The minimum absolute atomic E-state index is 0.124. The van der Waals surface area contributed by atoms with Gasteiger partial charge in [0.25, 0.3) is 11.4 Å². The van der Waals surface area contributed by atoms with Gasteiger partial charge < -0.3 is 5.32 Å². The second-order valence-corrected chi connectivity index (χ2v) is 7.36. The lowest BCUT2D eigenvalue weighted by Crippen LogP contribution is -2.14. The molecule has 10 heteroatoms. The van der Waals surface area contributed by atoms with Crippen molar-refractivity contribution >= 4 is 17.1 Å². The van der Waals surface area contributed by atoms with Gasteiger partial charge in [0, 0.05) is 12.6 Å². The third-order valence-corrected chi connectivity index (χ3v) is 4.90. The number of nitrogens with one attached hydrogen (secondary N) is 1. The van der Waals surface area contributed by atoms with Gasteiger partial charge in [-0.15, -0.1) is 0 Å². The Labute approximate surface area is 174 Å². The first-order valence-electron chi connectivity index (χ1n) is 10.5. The Bertz CT molecular complexity index is 697. The third kappa shape index (κ3) is 8.96. The summed E-state index contributed by atoms with van der Waals surface area (Å²) in [4.78, 5) is 19.9. The van der Waals surface area contributed by atoms with E-state index in [9.17, 15) is 33.4 Å². The molecule has 0 unspecified atom stereocenters.